The fraction of sp³-hybridized carbons (Fsp3) is 0.263. The summed E-state index contributed by atoms with van der Waals surface area (Å²) in [6, 6.07) is 9.68. The van der Waals surface area contributed by atoms with Crippen LogP contribution in [0.1, 0.15) is 30.6 Å². The van der Waals surface area contributed by atoms with Crippen LogP contribution in [0.2, 0.25) is 0 Å². The van der Waals surface area contributed by atoms with Crippen LogP contribution in [0, 0.1) is 0 Å². The number of nitrogens with one attached hydrogen (secondary N) is 1. The van der Waals surface area contributed by atoms with Crippen molar-refractivity contribution in [3.05, 3.63) is 42.0 Å². The van der Waals surface area contributed by atoms with Crippen molar-refractivity contribution in [1.82, 2.24) is 0 Å². The maximum Gasteiger partial charge on any atom is 0.286 e. The maximum atomic E-state index is 12.7. The van der Waals surface area contributed by atoms with E-state index in [2.05, 4.69) is 9.71 Å². The van der Waals surface area contributed by atoms with Gasteiger partial charge in [-0.1, -0.05) is 6.92 Å². The molecule has 2 aliphatic rings. The molecule has 0 spiro atoms. The van der Waals surface area contributed by atoms with Crippen molar-refractivity contribution in [2.75, 3.05) is 23.6 Å². The van der Waals surface area contributed by atoms with Crippen LogP contribution in [-0.4, -0.2) is 33.5 Å². The molecule has 2 aliphatic heterocycles. The minimum absolute atomic E-state index is 0.0323. The number of carbonyl (C=O) groups is 1. The molecule has 0 atom stereocenters. The summed E-state index contributed by atoms with van der Waals surface area (Å²) in [5.74, 6) is 1.16. The lowest BCUT2D eigenvalue weighted by atomic mass is 10.1. The number of sulfonamides is 1. The van der Waals surface area contributed by atoms with E-state index in [1.165, 1.54) is 6.07 Å². The summed E-state index contributed by atoms with van der Waals surface area (Å²) in [7, 11) is -3.85. The van der Waals surface area contributed by atoms with Crippen molar-refractivity contribution < 1.29 is 22.7 Å². The minimum Gasteiger partial charge on any atom is -0.454 e. The van der Waals surface area contributed by atoms with E-state index < -0.39 is 15.9 Å². The van der Waals surface area contributed by atoms with Crippen LogP contribution in [0.15, 0.2) is 45.7 Å². The third kappa shape index (κ3) is 3.18. The molecule has 1 amide bonds. The predicted octanol–water partition coefficient (Wildman–Crippen LogP) is 3.00. The monoisotopic (exact) mass is 401 g/mol. The summed E-state index contributed by atoms with van der Waals surface area (Å²) in [6.45, 7) is 4.45. The first kappa shape index (κ1) is 18.3. The van der Waals surface area contributed by atoms with E-state index in [4.69, 9.17) is 9.47 Å². The van der Waals surface area contributed by atoms with E-state index in [9.17, 15) is 13.2 Å². The van der Waals surface area contributed by atoms with E-state index in [0.717, 1.165) is 6.42 Å². The van der Waals surface area contributed by atoms with E-state index in [1.54, 1.807) is 37.3 Å². The van der Waals surface area contributed by atoms with Crippen molar-refractivity contribution in [2.45, 2.75) is 25.2 Å². The van der Waals surface area contributed by atoms with Crippen molar-refractivity contribution >= 4 is 33.1 Å². The molecule has 28 heavy (non-hydrogen) atoms. The molecular formula is C19H19N3O5S. The molecule has 0 saturated heterocycles. The molecule has 0 radical (unpaired) electrons. The molecular weight excluding hydrogens is 382 g/mol. The molecule has 0 fully saturated rings. The van der Waals surface area contributed by atoms with Gasteiger partial charge in [0, 0.05) is 23.9 Å². The summed E-state index contributed by atoms with van der Waals surface area (Å²) in [4.78, 5) is 14.5. The van der Waals surface area contributed by atoms with Gasteiger partial charge in [-0.25, -0.2) is 0 Å². The Balaban J connectivity index is 1.64. The zero-order chi connectivity index (χ0) is 19.9. The number of fused-ring (bicyclic) bond motifs is 2. The molecule has 0 saturated carbocycles. The summed E-state index contributed by atoms with van der Waals surface area (Å²) >= 11 is 0. The zero-order valence-electron chi connectivity index (χ0n) is 15.4. The van der Waals surface area contributed by atoms with Crippen molar-refractivity contribution in [2.24, 2.45) is 4.40 Å². The molecule has 2 aromatic carbocycles. The summed E-state index contributed by atoms with van der Waals surface area (Å²) in [5, 5.41) is 2.75. The molecule has 2 heterocycles. The number of anilines is 2. The lowest BCUT2D eigenvalue weighted by Crippen LogP contribution is -2.34. The molecule has 2 aromatic rings. The van der Waals surface area contributed by atoms with Crippen molar-refractivity contribution in [3.63, 3.8) is 0 Å². The molecule has 146 valence electrons. The van der Waals surface area contributed by atoms with Crippen LogP contribution in [0.25, 0.3) is 0 Å². The Morgan fingerprint density at radius 3 is 2.75 bits per heavy atom. The molecule has 9 heteroatoms. The third-order valence-electron chi connectivity index (χ3n) is 4.51. The van der Waals surface area contributed by atoms with Gasteiger partial charge >= 0.3 is 0 Å². The van der Waals surface area contributed by atoms with Crippen molar-refractivity contribution in [1.29, 1.82) is 0 Å². The Morgan fingerprint density at radius 1 is 1.18 bits per heavy atom. The third-order valence-corrected chi connectivity index (χ3v) is 5.90. The Bertz CT molecular complexity index is 1090. The highest BCUT2D eigenvalue weighted by atomic mass is 32.2. The van der Waals surface area contributed by atoms with E-state index in [-0.39, 0.29) is 17.3 Å². The van der Waals surface area contributed by atoms with Crippen LogP contribution in [-0.2, 0) is 10.0 Å². The summed E-state index contributed by atoms with van der Waals surface area (Å²) in [5.41, 5.74) is 1.29. The number of benzene rings is 2. The second-order valence-electron chi connectivity index (χ2n) is 6.47. The first-order valence-corrected chi connectivity index (χ1v) is 10.3. The second-order valence-corrected chi connectivity index (χ2v) is 8.04. The quantitative estimate of drug-likeness (QED) is 0.846. The number of amides is 1. The van der Waals surface area contributed by atoms with Gasteiger partial charge in [-0.2, -0.15) is 8.42 Å². The molecule has 0 bridgehead atoms. The standard InChI is InChI=1S/C19H19N3O5S/c1-3-8-22-12(2)21-28(24,25)18-9-13(4-6-15(18)22)19(23)20-14-5-7-16-17(10-14)27-11-26-16/h4-7,9-10H,3,8,11H2,1-2H3,(H,20,23). The molecule has 0 aromatic heterocycles. The average molecular weight is 401 g/mol. The normalized spacial score (nSPS) is 16.4. The Labute approximate surface area is 162 Å². The summed E-state index contributed by atoms with van der Waals surface area (Å²) in [6.07, 6.45) is 0.832. The van der Waals surface area contributed by atoms with Gasteiger partial charge in [0.1, 0.15) is 10.7 Å². The van der Waals surface area contributed by atoms with Crippen LogP contribution in [0.5, 0.6) is 11.5 Å². The van der Waals surface area contributed by atoms with Gasteiger partial charge in [-0.15, -0.1) is 4.40 Å². The Kier molecular flexibility index (Phi) is 4.46. The minimum atomic E-state index is -3.85. The molecule has 0 aliphatic carbocycles. The number of hydrogen-bond donors (Lipinski definition) is 1. The van der Waals surface area contributed by atoms with Crippen LogP contribution in [0.3, 0.4) is 0 Å². The number of ether oxygens (including phenoxy) is 2. The molecule has 0 unspecified atom stereocenters. The van der Waals surface area contributed by atoms with E-state index in [1.807, 2.05) is 11.8 Å². The Hall–Kier alpha value is -3.07. The molecule has 4 rings (SSSR count). The molecule has 8 nitrogen and oxygen atoms in total. The predicted molar refractivity (Wildman–Crippen MR) is 105 cm³/mol. The average Bonchev–Trinajstić information content (AvgIpc) is 3.12. The maximum absolute atomic E-state index is 12.7. The second kappa shape index (κ2) is 6.83. The Morgan fingerprint density at radius 2 is 1.96 bits per heavy atom. The van der Waals surface area contributed by atoms with Crippen molar-refractivity contribution in [3.8, 4) is 11.5 Å². The first-order chi connectivity index (χ1) is 13.4. The molecule has 1 N–H and O–H groups in total. The number of hydrogen-bond acceptors (Lipinski definition) is 6. The van der Waals surface area contributed by atoms with Gasteiger partial charge in [0.05, 0.1) is 5.69 Å². The zero-order valence-corrected chi connectivity index (χ0v) is 16.2. The highest BCUT2D eigenvalue weighted by Crippen LogP contribution is 2.35. The fourth-order valence-corrected chi connectivity index (χ4v) is 4.48. The highest BCUT2D eigenvalue weighted by Gasteiger charge is 2.29. The van der Waals surface area contributed by atoms with Gasteiger partial charge in [-0.05, 0) is 43.7 Å². The van der Waals surface area contributed by atoms with Gasteiger partial charge in [0.2, 0.25) is 6.79 Å². The SMILES string of the molecule is CCCN1C(C)=NS(=O)(=O)c2cc(C(=O)Nc3ccc4c(c3)OCO4)ccc21. The summed E-state index contributed by atoms with van der Waals surface area (Å²) < 4.78 is 39.4. The van der Waals surface area contributed by atoms with Gasteiger partial charge < -0.3 is 19.7 Å². The van der Waals surface area contributed by atoms with E-state index in [0.29, 0.717) is 35.3 Å². The topological polar surface area (TPSA) is 97.3 Å². The smallest absolute Gasteiger partial charge is 0.286 e. The number of carbonyl (C=O) groups excluding carboxylic acids is 1. The number of amidine groups is 1. The van der Waals surface area contributed by atoms with Crippen LogP contribution < -0.4 is 19.7 Å². The lowest BCUT2D eigenvalue weighted by Gasteiger charge is -2.29. The van der Waals surface area contributed by atoms with E-state index >= 15 is 0 Å². The van der Waals surface area contributed by atoms with Gasteiger partial charge in [0.25, 0.3) is 15.9 Å². The van der Waals surface area contributed by atoms with Crippen LogP contribution in [0.4, 0.5) is 11.4 Å². The van der Waals surface area contributed by atoms with Gasteiger partial charge in [-0.3, -0.25) is 4.79 Å². The van der Waals surface area contributed by atoms with Gasteiger partial charge in [0.15, 0.2) is 11.5 Å². The highest BCUT2D eigenvalue weighted by molar-refractivity contribution is 7.90. The van der Waals surface area contributed by atoms with Crippen LogP contribution >= 0.6 is 0 Å². The number of rotatable bonds is 4. The lowest BCUT2D eigenvalue weighted by molar-refractivity contribution is 0.102. The fourth-order valence-electron chi connectivity index (χ4n) is 3.22. The largest absolute Gasteiger partial charge is 0.454 e. The first-order valence-electron chi connectivity index (χ1n) is 8.83. The number of nitrogens with zero attached hydrogens (tertiary/aromatic N) is 2.